The van der Waals surface area contributed by atoms with Gasteiger partial charge in [-0.1, -0.05) is 17.3 Å². The Hall–Kier alpha value is -2.93. The summed E-state index contributed by atoms with van der Waals surface area (Å²) in [6, 6.07) is 8.29. The molecule has 0 saturated carbocycles. The third-order valence-corrected chi connectivity index (χ3v) is 4.99. The van der Waals surface area contributed by atoms with Crippen molar-refractivity contribution in [3.05, 3.63) is 70.7 Å². The highest BCUT2D eigenvalue weighted by Crippen LogP contribution is 2.32. The molecule has 27 heavy (non-hydrogen) atoms. The zero-order valence-corrected chi connectivity index (χ0v) is 16.8. The Kier molecular flexibility index (Phi) is 4.53. The highest BCUT2D eigenvalue weighted by atomic mass is 79.9. The molecule has 3 heterocycles. The van der Waals surface area contributed by atoms with Crippen LogP contribution in [0.4, 0.5) is 11.4 Å². The first kappa shape index (κ1) is 17.5. The summed E-state index contributed by atoms with van der Waals surface area (Å²) in [5.74, 6) is 1.61. The molecule has 0 aliphatic rings. The van der Waals surface area contributed by atoms with E-state index >= 15 is 0 Å². The van der Waals surface area contributed by atoms with Crippen molar-refractivity contribution in [2.45, 2.75) is 20.8 Å². The van der Waals surface area contributed by atoms with Gasteiger partial charge in [0.15, 0.2) is 5.82 Å². The highest BCUT2D eigenvalue weighted by molar-refractivity contribution is 9.10. The predicted molar refractivity (Wildman–Crippen MR) is 108 cm³/mol. The van der Waals surface area contributed by atoms with Crippen molar-refractivity contribution in [3.8, 4) is 16.9 Å². The molecule has 0 aliphatic heterocycles. The molecule has 1 aromatic carbocycles. The number of imidazole rings is 1. The van der Waals surface area contributed by atoms with Crippen LogP contribution < -0.4 is 5.32 Å². The monoisotopic (exact) mass is 423 g/mol. The zero-order valence-electron chi connectivity index (χ0n) is 15.2. The molecule has 7 heteroatoms. The van der Waals surface area contributed by atoms with Gasteiger partial charge in [-0.05, 0) is 60.0 Å². The molecule has 0 bridgehead atoms. The van der Waals surface area contributed by atoms with E-state index < -0.39 is 0 Å². The number of benzene rings is 1. The summed E-state index contributed by atoms with van der Waals surface area (Å²) in [7, 11) is 0. The molecular weight excluding hydrogens is 406 g/mol. The minimum absolute atomic E-state index is 0.791. The highest BCUT2D eigenvalue weighted by Gasteiger charge is 2.13. The number of rotatable bonds is 4. The molecule has 0 fully saturated rings. The van der Waals surface area contributed by atoms with E-state index in [9.17, 15) is 0 Å². The largest absolute Gasteiger partial charge is 0.361 e. The molecule has 136 valence electrons. The minimum Gasteiger partial charge on any atom is -0.361 e. The number of anilines is 2. The topological polar surface area (TPSA) is 68.8 Å². The number of pyridine rings is 1. The van der Waals surface area contributed by atoms with Crippen LogP contribution in [0.3, 0.4) is 0 Å². The summed E-state index contributed by atoms with van der Waals surface area (Å²) in [4.78, 5) is 8.60. The third kappa shape index (κ3) is 3.38. The van der Waals surface area contributed by atoms with Gasteiger partial charge in [-0.3, -0.25) is 4.57 Å². The fourth-order valence-electron chi connectivity index (χ4n) is 3.04. The van der Waals surface area contributed by atoms with Crippen LogP contribution in [0.15, 0.2) is 58.2 Å². The lowest BCUT2D eigenvalue weighted by atomic mass is 10.0. The van der Waals surface area contributed by atoms with Gasteiger partial charge in [0.1, 0.15) is 12.1 Å². The van der Waals surface area contributed by atoms with Crippen LogP contribution in [-0.4, -0.2) is 19.7 Å². The molecule has 1 N–H and O–H groups in total. The Labute approximate surface area is 165 Å². The van der Waals surface area contributed by atoms with Crippen molar-refractivity contribution in [3.63, 3.8) is 0 Å². The lowest BCUT2D eigenvalue weighted by Crippen LogP contribution is -1.99. The fourth-order valence-corrected chi connectivity index (χ4v) is 3.59. The van der Waals surface area contributed by atoms with Gasteiger partial charge in [0.25, 0.3) is 0 Å². The van der Waals surface area contributed by atoms with E-state index in [2.05, 4.69) is 61.5 Å². The van der Waals surface area contributed by atoms with E-state index in [1.165, 1.54) is 0 Å². The van der Waals surface area contributed by atoms with Crippen molar-refractivity contribution in [1.82, 2.24) is 19.7 Å². The lowest BCUT2D eigenvalue weighted by Gasteiger charge is -2.13. The second-order valence-corrected chi connectivity index (χ2v) is 7.21. The molecule has 0 amide bonds. The maximum absolute atomic E-state index is 5.31. The van der Waals surface area contributed by atoms with E-state index in [0.717, 1.165) is 49.8 Å². The van der Waals surface area contributed by atoms with Gasteiger partial charge in [0.05, 0.1) is 22.1 Å². The lowest BCUT2D eigenvalue weighted by molar-refractivity contribution is 0.393. The van der Waals surface area contributed by atoms with Crippen LogP contribution >= 0.6 is 15.9 Å². The summed E-state index contributed by atoms with van der Waals surface area (Å²) in [6.45, 7) is 5.95. The molecule has 0 aliphatic carbocycles. The number of nitrogens with zero attached hydrogens (tertiary/aromatic N) is 4. The van der Waals surface area contributed by atoms with E-state index in [1.807, 2.05) is 36.9 Å². The molecule has 4 aromatic rings. The Morgan fingerprint density at radius 2 is 2.00 bits per heavy atom. The number of nitrogens with one attached hydrogen (secondary N) is 1. The van der Waals surface area contributed by atoms with Gasteiger partial charge >= 0.3 is 0 Å². The number of halogens is 1. The zero-order chi connectivity index (χ0) is 19.0. The quantitative estimate of drug-likeness (QED) is 0.478. The molecular formula is C20H18BrN5O. The van der Waals surface area contributed by atoms with Crippen LogP contribution in [0, 0.1) is 20.8 Å². The van der Waals surface area contributed by atoms with E-state index in [-0.39, 0.29) is 0 Å². The van der Waals surface area contributed by atoms with Gasteiger partial charge in [0.2, 0.25) is 0 Å². The van der Waals surface area contributed by atoms with Crippen LogP contribution in [0.1, 0.15) is 17.0 Å². The molecule has 0 atom stereocenters. The minimum atomic E-state index is 0.791. The van der Waals surface area contributed by atoms with Gasteiger partial charge in [-0.15, -0.1) is 0 Å². The predicted octanol–water partition coefficient (Wildman–Crippen LogP) is 5.35. The first-order valence-electron chi connectivity index (χ1n) is 8.47. The second-order valence-electron chi connectivity index (χ2n) is 6.35. The standard InChI is InChI=1S/C20H18BrN5O/c1-12-4-5-15(19-13(2)25-27-14(19)3)8-18(12)24-16-9-17(21)20(23-10-16)26-7-6-22-11-26/h4-11,24H,1-3H3. The first-order chi connectivity index (χ1) is 13.0. The van der Waals surface area contributed by atoms with Gasteiger partial charge in [-0.25, -0.2) is 9.97 Å². The number of hydrogen-bond donors (Lipinski definition) is 1. The number of aryl methyl sites for hydroxylation is 3. The smallest absolute Gasteiger partial charge is 0.152 e. The normalized spacial score (nSPS) is 11.0. The summed E-state index contributed by atoms with van der Waals surface area (Å²) >= 11 is 3.59. The average Bonchev–Trinajstić information content (AvgIpc) is 3.28. The van der Waals surface area contributed by atoms with Gasteiger partial charge in [0, 0.05) is 23.6 Å². The second kappa shape index (κ2) is 7.00. The number of aromatic nitrogens is 4. The molecule has 0 unspecified atom stereocenters. The van der Waals surface area contributed by atoms with E-state index in [0.29, 0.717) is 0 Å². The molecule has 4 rings (SSSR count). The summed E-state index contributed by atoms with van der Waals surface area (Å²) < 4.78 is 8.05. The van der Waals surface area contributed by atoms with Crippen LogP contribution in [0.5, 0.6) is 0 Å². The Balaban J connectivity index is 1.67. The maximum Gasteiger partial charge on any atom is 0.152 e. The van der Waals surface area contributed by atoms with Crippen molar-refractivity contribution in [1.29, 1.82) is 0 Å². The average molecular weight is 424 g/mol. The Morgan fingerprint density at radius 1 is 1.15 bits per heavy atom. The molecule has 6 nitrogen and oxygen atoms in total. The SMILES string of the molecule is Cc1ccc(-c2c(C)noc2C)cc1Nc1cnc(-n2ccnc2)c(Br)c1. The summed E-state index contributed by atoms with van der Waals surface area (Å²) in [6.07, 6.45) is 7.11. The van der Waals surface area contributed by atoms with Crippen molar-refractivity contribution in [2.24, 2.45) is 0 Å². The number of hydrogen-bond acceptors (Lipinski definition) is 5. The van der Waals surface area contributed by atoms with Crippen molar-refractivity contribution in [2.75, 3.05) is 5.32 Å². The Bertz CT molecular complexity index is 1080. The van der Waals surface area contributed by atoms with Gasteiger partial charge in [-0.2, -0.15) is 0 Å². The Morgan fingerprint density at radius 3 is 2.67 bits per heavy atom. The van der Waals surface area contributed by atoms with E-state index in [4.69, 9.17) is 4.52 Å². The first-order valence-corrected chi connectivity index (χ1v) is 9.27. The summed E-state index contributed by atoms with van der Waals surface area (Å²) in [5, 5.41) is 7.51. The van der Waals surface area contributed by atoms with E-state index in [1.54, 1.807) is 12.5 Å². The molecule has 0 saturated heterocycles. The molecule has 0 spiro atoms. The van der Waals surface area contributed by atoms with Crippen LogP contribution in [0.2, 0.25) is 0 Å². The third-order valence-electron chi connectivity index (χ3n) is 4.41. The van der Waals surface area contributed by atoms with Crippen LogP contribution in [-0.2, 0) is 0 Å². The van der Waals surface area contributed by atoms with Crippen molar-refractivity contribution < 1.29 is 4.52 Å². The molecule has 0 radical (unpaired) electrons. The summed E-state index contributed by atoms with van der Waals surface area (Å²) in [5.41, 5.74) is 6.03. The maximum atomic E-state index is 5.31. The van der Waals surface area contributed by atoms with Crippen LogP contribution in [0.25, 0.3) is 16.9 Å². The van der Waals surface area contributed by atoms with Gasteiger partial charge < -0.3 is 9.84 Å². The fraction of sp³-hybridized carbons (Fsp3) is 0.150. The molecule has 3 aromatic heterocycles. The van der Waals surface area contributed by atoms with Crippen molar-refractivity contribution >= 4 is 27.3 Å².